The van der Waals surface area contributed by atoms with E-state index >= 15 is 0 Å². The predicted octanol–water partition coefficient (Wildman–Crippen LogP) is 3.45. The molecular formula is C17H23N2O3Si. The van der Waals surface area contributed by atoms with Gasteiger partial charge in [0.15, 0.2) is 5.58 Å². The molecule has 1 atom stereocenters. The Morgan fingerprint density at radius 3 is 2.61 bits per heavy atom. The third kappa shape index (κ3) is 4.76. The van der Waals surface area contributed by atoms with Gasteiger partial charge in [-0.3, -0.25) is 9.59 Å². The van der Waals surface area contributed by atoms with E-state index in [9.17, 15) is 9.59 Å². The summed E-state index contributed by atoms with van der Waals surface area (Å²) in [7, 11) is -1.33. The van der Waals surface area contributed by atoms with Gasteiger partial charge in [0.2, 0.25) is 11.7 Å². The summed E-state index contributed by atoms with van der Waals surface area (Å²) >= 11 is 0. The monoisotopic (exact) mass is 331 g/mol. The van der Waals surface area contributed by atoms with Gasteiger partial charge < -0.3 is 9.73 Å². The molecule has 23 heavy (non-hydrogen) atoms. The third-order valence-electron chi connectivity index (χ3n) is 3.45. The van der Waals surface area contributed by atoms with Crippen LogP contribution in [-0.2, 0) is 4.79 Å². The molecule has 123 valence electrons. The normalized spacial score (nSPS) is 13.0. The zero-order chi connectivity index (χ0) is 17.0. The van der Waals surface area contributed by atoms with E-state index in [1.54, 1.807) is 18.6 Å². The molecule has 1 aromatic carbocycles. The van der Waals surface area contributed by atoms with E-state index in [0.717, 1.165) is 6.04 Å². The quantitative estimate of drug-likeness (QED) is 0.623. The molecule has 0 aliphatic heterocycles. The molecule has 0 saturated carbocycles. The Bertz CT molecular complexity index is 670. The molecule has 1 N–H and O–H groups in total. The second-order valence-corrected chi connectivity index (χ2v) is 12.3. The van der Waals surface area contributed by atoms with Crippen LogP contribution in [0, 0.1) is 6.42 Å². The molecule has 1 aromatic heterocycles. The van der Waals surface area contributed by atoms with E-state index in [4.69, 9.17) is 4.42 Å². The second kappa shape index (κ2) is 7.08. The summed E-state index contributed by atoms with van der Waals surface area (Å²) in [6.45, 7) is 8.43. The molecule has 2 aromatic rings. The first-order chi connectivity index (χ1) is 10.8. The van der Waals surface area contributed by atoms with Gasteiger partial charge >= 0.3 is 0 Å². The van der Waals surface area contributed by atoms with Crippen LogP contribution in [0.2, 0.25) is 25.7 Å². The molecule has 1 radical (unpaired) electrons. The maximum absolute atomic E-state index is 12.5. The summed E-state index contributed by atoms with van der Waals surface area (Å²) in [5, 5.41) is 2.76. The maximum Gasteiger partial charge on any atom is 0.266 e. The topological polar surface area (TPSA) is 72.2 Å². The molecule has 2 rings (SSSR count). The van der Waals surface area contributed by atoms with E-state index in [1.165, 1.54) is 0 Å². The number of rotatable bonds is 7. The van der Waals surface area contributed by atoms with Crippen molar-refractivity contribution in [2.24, 2.45) is 0 Å². The third-order valence-corrected chi connectivity index (χ3v) is 4.87. The molecule has 1 amide bonds. The lowest BCUT2D eigenvalue weighted by atomic mass is 10.1. The van der Waals surface area contributed by atoms with Crippen LogP contribution in [0.1, 0.15) is 24.0 Å². The minimum Gasteiger partial charge on any atom is -0.434 e. The number of carbonyl (C=O) groups excluding carboxylic acids is 2. The number of benzene rings is 1. The Morgan fingerprint density at radius 2 is 2.00 bits per heavy atom. The summed E-state index contributed by atoms with van der Waals surface area (Å²) in [4.78, 5) is 28.7. The lowest BCUT2D eigenvalue weighted by Crippen LogP contribution is -2.41. The number of nitrogens with one attached hydrogen (secondary N) is 1. The van der Waals surface area contributed by atoms with E-state index < -0.39 is 14.1 Å². The predicted molar refractivity (Wildman–Crippen MR) is 93.0 cm³/mol. The fourth-order valence-corrected chi connectivity index (χ4v) is 2.91. The van der Waals surface area contributed by atoms with Gasteiger partial charge in [0, 0.05) is 14.5 Å². The van der Waals surface area contributed by atoms with E-state index in [0.29, 0.717) is 17.5 Å². The Hall–Kier alpha value is -1.95. The van der Waals surface area contributed by atoms with Gasteiger partial charge in [-0.25, -0.2) is 4.98 Å². The molecular weight excluding hydrogens is 308 g/mol. The molecule has 0 aliphatic carbocycles. The van der Waals surface area contributed by atoms with Gasteiger partial charge in [-0.1, -0.05) is 38.7 Å². The number of amides is 1. The number of carbonyl (C=O) groups is 2. The summed E-state index contributed by atoms with van der Waals surface area (Å²) in [6, 6.07) is 7.38. The molecule has 0 spiro atoms. The number of hydrogen-bond acceptors (Lipinski definition) is 4. The molecule has 0 unspecified atom stereocenters. The minimum atomic E-state index is -1.33. The smallest absolute Gasteiger partial charge is 0.266 e. The first kappa shape index (κ1) is 17.4. The van der Waals surface area contributed by atoms with E-state index in [-0.39, 0.29) is 17.6 Å². The number of ketones is 1. The van der Waals surface area contributed by atoms with Gasteiger partial charge in [-0.2, -0.15) is 0 Å². The number of hydrogen-bond donors (Lipinski definition) is 1. The SMILES string of the molecule is CC[C@@H](NC(=O)[CH]C[Si](C)(C)C)C(=O)c1nc2ccccc2o1. The lowest BCUT2D eigenvalue weighted by molar-refractivity contribution is -0.118. The number of aromatic nitrogens is 1. The number of fused-ring (bicyclic) bond motifs is 1. The number of Topliss-reactive ketones (excluding diaryl/α,β-unsaturated/α-hetero) is 1. The van der Waals surface area contributed by atoms with Crippen LogP contribution in [0.5, 0.6) is 0 Å². The van der Waals surface area contributed by atoms with Crippen molar-refractivity contribution < 1.29 is 14.0 Å². The maximum atomic E-state index is 12.5. The van der Waals surface area contributed by atoms with Gasteiger partial charge in [0.25, 0.3) is 5.89 Å². The van der Waals surface area contributed by atoms with Gasteiger partial charge in [-0.15, -0.1) is 0 Å². The van der Waals surface area contributed by atoms with Crippen LogP contribution in [0.4, 0.5) is 0 Å². The molecule has 0 saturated heterocycles. The van der Waals surface area contributed by atoms with Crippen molar-refractivity contribution in [2.45, 2.75) is 45.1 Å². The van der Waals surface area contributed by atoms with Crippen LogP contribution in [0.25, 0.3) is 11.1 Å². The standard InChI is InChI=1S/C17H23N2O3Si/c1-5-12(18-15(20)10-11-23(2,3)4)16(21)17-19-13-8-6-7-9-14(13)22-17/h6-10,12H,5,11H2,1-4H3,(H,18,20)/t12-/m1/s1. The molecule has 6 heteroatoms. The first-order valence-electron chi connectivity index (χ1n) is 7.83. The van der Waals surface area contributed by atoms with Crippen LogP contribution in [-0.4, -0.2) is 30.8 Å². The van der Waals surface area contributed by atoms with Gasteiger partial charge in [0.1, 0.15) is 5.52 Å². The largest absolute Gasteiger partial charge is 0.434 e. The molecule has 1 heterocycles. The zero-order valence-electron chi connectivity index (χ0n) is 14.1. The molecule has 5 nitrogen and oxygen atoms in total. The summed E-state index contributed by atoms with van der Waals surface area (Å²) < 4.78 is 5.49. The number of nitrogens with zero attached hydrogens (tertiary/aromatic N) is 1. The molecule has 0 bridgehead atoms. The summed E-state index contributed by atoms with van der Waals surface area (Å²) in [6.07, 6.45) is 2.14. The van der Waals surface area contributed by atoms with Crippen molar-refractivity contribution in [1.82, 2.24) is 10.3 Å². The molecule has 0 aliphatic rings. The van der Waals surface area contributed by atoms with Crippen LogP contribution < -0.4 is 5.32 Å². The summed E-state index contributed by atoms with van der Waals surface area (Å²) in [5.41, 5.74) is 1.21. The zero-order valence-corrected chi connectivity index (χ0v) is 15.1. The number of oxazole rings is 1. The van der Waals surface area contributed by atoms with Crippen molar-refractivity contribution in [1.29, 1.82) is 0 Å². The fraction of sp³-hybridized carbons (Fsp3) is 0.412. The highest BCUT2D eigenvalue weighted by molar-refractivity contribution is 6.76. The van der Waals surface area contributed by atoms with Crippen molar-refractivity contribution in [3.8, 4) is 0 Å². The van der Waals surface area contributed by atoms with Gasteiger partial charge in [-0.05, 0) is 24.6 Å². The van der Waals surface area contributed by atoms with Crippen LogP contribution in [0.3, 0.4) is 0 Å². The van der Waals surface area contributed by atoms with Crippen molar-refractivity contribution >= 4 is 30.9 Å². The Kier molecular flexibility index (Phi) is 5.36. The van der Waals surface area contributed by atoms with Crippen LogP contribution >= 0.6 is 0 Å². The fourth-order valence-electron chi connectivity index (χ4n) is 2.11. The van der Waals surface area contributed by atoms with Crippen LogP contribution in [0.15, 0.2) is 28.7 Å². The van der Waals surface area contributed by atoms with E-state index in [1.807, 2.05) is 19.1 Å². The molecule has 0 fully saturated rings. The lowest BCUT2D eigenvalue weighted by Gasteiger charge is -2.17. The highest BCUT2D eigenvalue weighted by Gasteiger charge is 2.25. The average molecular weight is 331 g/mol. The second-order valence-electron chi connectivity index (χ2n) is 6.79. The first-order valence-corrected chi connectivity index (χ1v) is 11.5. The average Bonchev–Trinajstić information content (AvgIpc) is 2.93. The van der Waals surface area contributed by atoms with Crippen molar-refractivity contribution in [3.63, 3.8) is 0 Å². The Labute approximate surface area is 137 Å². The van der Waals surface area contributed by atoms with E-state index in [2.05, 4.69) is 29.9 Å². The number of para-hydroxylation sites is 2. The Morgan fingerprint density at radius 1 is 1.30 bits per heavy atom. The highest BCUT2D eigenvalue weighted by atomic mass is 28.3. The van der Waals surface area contributed by atoms with Crippen molar-refractivity contribution in [2.75, 3.05) is 0 Å². The van der Waals surface area contributed by atoms with Crippen molar-refractivity contribution in [3.05, 3.63) is 36.6 Å². The summed E-state index contributed by atoms with van der Waals surface area (Å²) in [5.74, 6) is -0.453. The minimum absolute atomic E-state index is 0.0450. The Balaban J connectivity index is 2.04. The van der Waals surface area contributed by atoms with Gasteiger partial charge in [0.05, 0.1) is 6.04 Å². The highest BCUT2D eigenvalue weighted by Crippen LogP contribution is 2.17.